The van der Waals surface area contributed by atoms with E-state index < -0.39 is 0 Å². The summed E-state index contributed by atoms with van der Waals surface area (Å²) in [4.78, 5) is 11.7. The van der Waals surface area contributed by atoms with Crippen LogP contribution in [0.5, 0.6) is 0 Å². The Bertz CT molecular complexity index is 389. The smallest absolute Gasteiger partial charge is 0.224 e. The van der Waals surface area contributed by atoms with Crippen molar-refractivity contribution in [2.75, 3.05) is 18.5 Å². The number of benzene rings is 1. The third-order valence-electron chi connectivity index (χ3n) is 2.84. The highest BCUT2D eigenvalue weighted by atomic mass is 19.1. The van der Waals surface area contributed by atoms with Crippen LogP contribution in [0.15, 0.2) is 24.3 Å². The predicted molar refractivity (Wildman–Crippen MR) is 63.2 cm³/mol. The molecular weight excluding hydrogens is 221 g/mol. The van der Waals surface area contributed by atoms with Crippen LogP contribution in [0.1, 0.15) is 19.3 Å². The van der Waals surface area contributed by atoms with E-state index in [9.17, 15) is 9.18 Å². The third-order valence-corrected chi connectivity index (χ3v) is 2.84. The van der Waals surface area contributed by atoms with Crippen molar-refractivity contribution >= 4 is 11.6 Å². The van der Waals surface area contributed by atoms with Gasteiger partial charge in [-0.1, -0.05) is 6.07 Å². The van der Waals surface area contributed by atoms with Gasteiger partial charge < -0.3 is 10.1 Å². The highest BCUT2D eigenvalue weighted by Gasteiger charge is 2.17. The molecule has 0 aromatic heterocycles. The zero-order valence-electron chi connectivity index (χ0n) is 9.62. The van der Waals surface area contributed by atoms with E-state index in [1.54, 1.807) is 12.1 Å². The largest absolute Gasteiger partial charge is 0.381 e. The molecule has 1 atom stereocenters. The molecule has 1 unspecified atom stereocenters. The number of halogens is 1. The fourth-order valence-electron chi connectivity index (χ4n) is 2.01. The fraction of sp³-hybridized carbons (Fsp3) is 0.462. The summed E-state index contributed by atoms with van der Waals surface area (Å²) < 4.78 is 18.2. The first-order chi connectivity index (χ1) is 8.24. The summed E-state index contributed by atoms with van der Waals surface area (Å²) in [5.74, 6) is -0.132. The molecule has 3 nitrogen and oxygen atoms in total. The maximum atomic E-state index is 12.9. The lowest BCUT2D eigenvalue weighted by atomic mass is 9.98. The molecule has 1 N–H and O–H groups in total. The fourth-order valence-corrected chi connectivity index (χ4v) is 2.01. The Hall–Kier alpha value is -1.42. The summed E-state index contributed by atoms with van der Waals surface area (Å²) in [5, 5.41) is 2.70. The number of ether oxygens (including phenoxy) is 1. The van der Waals surface area contributed by atoms with Gasteiger partial charge >= 0.3 is 0 Å². The minimum Gasteiger partial charge on any atom is -0.381 e. The Morgan fingerprint density at radius 1 is 1.53 bits per heavy atom. The molecule has 1 amide bonds. The van der Waals surface area contributed by atoms with Gasteiger partial charge in [-0.2, -0.15) is 0 Å². The highest BCUT2D eigenvalue weighted by Crippen LogP contribution is 2.18. The van der Waals surface area contributed by atoms with Crippen LogP contribution >= 0.6 is 0 Å². The summed E-state index contributed by atoms with van der Waals surface area (Å²) in [6.07, 6.45) is 2.48. The van der Waals surface area contributed by atoms with Gasteiger partial charge in [-0.15, -0.1) is 0 Å². The van der Waals surface area contributed by atoms with E-state index in [-0.39, 0.29) is 17.6 Å². The molecule has 0 aliphatic carbocycles. The molecule has 0 spiro atoms. The van der Waals surface area contributed by atoms with E-state index in [4.69, 9.17) is 4.74 Å². The topological polar surface area (TPSA) is 38.3 Å². The van der Waals surface area contributed by atoms with Gasteiger partial charge in [-0.25, -0.2) is 4.39 Å². The normalized spacial score (nSPS) is 19.9. The number of anilines is 1. The average molecular weight is 237 g/mol. The number of nitrogens with one attached hydrogen (secondary N) is 1. The molecule has 1 aliphatic rings. The van der Waals surface area contributed by atoms with Gasteiger partial charge in [0.15, 0.2) is 0 Å². The van der Waals surface area contributed by atoms with Crippen LogP contribution in [-0.4, -0.2) is 19.1 Å². The Balaban J connectivity index is 1.84. The quantitative estimate of drug-likeness (QED) is 0.877. The number of rotatable bonds is 3. The van der Waals surface area contributed by atoms with Gasteiger partial charge in [0, 0.05) is 25.3 Å². The van der Waals surface area contributed by atoms with E-state index in [1.165, 1.54) is 12.1 Å². The first-order valence-corrected chi connectivity index (χ1v) is 5.87. The first-order valence-electron chi connectivity index (χ1n) is 5.87. The number of carbonyl (C=O) groups excluding carboxylic acids is 1. The zero-order valence-corrected chi connectivity index (χ0v) is 9.62. The van der Waals surface area contributed by atoms with Crippen LogP contribution in [0.2, 0.25) is 0 Å². The standard InChI is InChI=1S/C13H16FNO2/c14-11-4-1-5-12(8-11)15-13(16)7-10-3-2-6-17-9-10/h1,4-5,8,10H,2-3,6-7,9H2,(H,15,16). The molecule has 1 aromatic carbocycles. The van der Waals surface area contributed by atoms with Crippen molar-refractivity contribution in [3.05, 3.63) is 30.1 Å². The molecule has 0 radical (unpaired) electrons. The SMILES string of the molecule is O=C(CC1CCCOC1)Nc1cccc(F)c1. The van der Waals surface area contributed by atoms with E-state index in [0.29, 0.717) is 18.7 Å². The summed E-state index contributed by atoms with van der Waals surface area (Å²) in [5.41, 5.74) is 0.506. The summed E-state index contributed by atoms with van der Waals surface area (Å²) in [6.45, 7) is 1.44. The second-order valence-electron chi connectivity index (χ2n) is 4.35. The zero-order chi connectivity index (χ0) is 12.1. The summed E-state index contributed by atoms with van der Waals surface area (Å²) in [6, 6.07) is 5.92. The lowest BCUT2D eigenvalue weighted by Crippen LogP contribution is -2.23. The van der Waals surface area contributed by atoms with Crippen LogP contribution in [0.25, 0.3) is 0 Å². The monoisotopic (exact) mass is 237 g/mol. The van der Waals surface area contributed by atoms with Crippen molar-refractivity contribution in [2.45, 2.75) is 19.3 Å². The summed E-state index contributed by atoms with van der Waals surface area (Å²) >= 11 is 0. The number of carbonyl (C=O) groups is 1. The van der Waals surface area contributed by atoms with Crippen LogP contribution in [-0.2, 0) is 9.53 Å². The molecule has 1 heterocycles. The van der Waals surface area contributed by atoms with E-state index in [1.807, 2.05) is 0 Å². The van der Waals surface area contributed by atoms with E-state index in [0.717, 1.165) is 19.4 Å². The Morgan fingerprint density at radius 2 is 2.41 bits per heavy atom. The van der Waals surface area contributed by atoms with Crippen molar-refractivity contribution < 1.29 is 13.9 Å². The van der Waals surface area contributed by atoms with Crippen LogP contribution in [0.3, 0.4) is 0 Å². The minimum atomic E-state index is -0.344. The van der Waals surface area contributed by atoms with Gasteiger partial charge in [0.05, 0.1) is 0 Å². The van der Waals surface area contributed by atoms with Crippen LogP contribution < -0.4 is 5.32 Å². The van der Waals surface area contributed by atoms with Gasteiger partial charge in [0.1, 0.15) is 5.82 Å². The Kier molecular flexibility index (Phi) is 4.09. The average Bonchev–Trinajstić information content (AvgIpc) is 2.30. The molecule has 1 aliphatic heterocycles. The van der Waals surface area contributed by atoms with Crippen molar-refractivity contribution in [1.29, 1.82) is 0 Å². The number of amides is 1. The molecule has 2 rings (SSSR count). The molecule has 0 saturated carbocycles. The van der Waals surface area contributed by atoms with Gasteiger partial charge in [-0.3, -0.25) is 4.79 Å². The molecule has 1 aromatic rings. The molecule has 1 saturated heterocycles. The third kappa shape index (κ3) is 3.82. The van der Waals surface area contributed by atoms with Crippen molar-refractivity contribution in [3.8, 4) is 0 Å². The minimum absolute atomic E-state index is 0.0777. The van der Waals surface area contributed by atoms with Gasteiger partial charge in [-0.05, 0) is 37.0 Å². The molecule has 1 fully saturated rings. The second-order valence-corrected chi connectivity index (χ2v) is 4.35. The second kappa shape index (κ2) is 5.77. The highest BCUT2D eigenvalue weighted by molar-refractivity contribution is 5.90. The lowest BCUT2D eigenvalue weighted by molar-refractivity contribution is -0.118. The first kappa shape index (κ1) is 12.0. The van der Waals surface area contributed by atoms with Crippen molar-refractivity contribution in [1.82, 2.24) is 0 Å². The number of hydrogen-bond acceptors (Lipinski definition) is 2. The predicted octanol–water partition coefficient (Wildman–Crippen LogP) is 2.58. The summed E-state index contributed by atoms with van der Waals surface area (Å²) in [7, 11) is 0. The Labute approximate surface area is 100.0 Å². The van der Waals surface area contributed by atoms with Gasteiger partial charge in [0.25, 0.3) is 0 Å². The maximum Gasteiger partial charge on any atom is 0.224 e. The molecular formula is C13H16FNO2. The van der Waals surface area contributed by atoms with Crippen molar-refractivity contribution in [2.24, 2.45) is 5.92 Å². The van der Waals surface area contributed by atoms with Crippen LogP contribution in [0, 0.1) is 11.7 Å². The molecule has 4 heteroatoms. The van der Waals surface area contributed by atoms with E-state index in [2.05, 4.69) is 5.32 Å². The van der Waals surface area contributed by atoms with E-state index >= 15 is 0 Å². The lowest BCUT2D eigenvalue weighted by Gasteiger charge is -2.21. The number of hydrogen-bond donors (Lipinski definition) is 1. The van der Waals surface area contributed by atoms with Crippen molar-refractivity contribution in [3.63, 3.8) is 0 Å². The van der Waals surface area contributed by atoms with Gasteiger partial charge in [0.2, 0.25) is 5.91 Å². The molecule has 0 bridgehead atoms. The molecule has 17 heavy (non-hydrogen) atoms. The molecule has 92 valence electrons. The maximum absolute atomic E-state index is 12.9. The van der Waals surface area contributed by atoms with Crippen LogP contribution in [0.4, 0.5) is 10.1 Å². The Morgan fingerprint density at radius 3 is 3.12 bits per heavy atom.